The first-order valence-corrected chi connectivity index (χ1v) is 11.1. The molecule has 0 saturated carbocycles. The number of aromatic carboxylic acids is 1. The molecule has 1 unspecified atom stereocenters. The van der Waals surface area contributed by atoms with Crippen molar-refractivity contribution in [2.75, 3.05) is 11.9 Å². The van der Waals surface area contributed by atoms with Gasteiger partial charge >= 0.3 is 5.97 Å². The maximum atomic E-state index is 12.6. The molecule has 176 valence electrons. The highest BCUT2D eigenvalue weighted by Crippen LogP contribution is 2.42. The molecule has 1 aliphatic heterocycles. The van der Waals surface area contributed by atoms with E-state index in [1.807, 2.05) is 12.1 Å². The van der Waals surface area contributed by atoms with E-state index in [4.69, 9.17) is 9.47 Å². The predicted molar refractivity (Wildman–Crippen MR) is 124 cm³/mol. The number of fused-ring (bicyclic) bond motifs is 1. The molecule has 4 rings (SSSR count). The van der Waals surface area contributed by atoms with Crippen molar-refractivity contribution in [1.29, 1.82) is 0 Å². The predicted octanol–water partition coefficient (Wildman–Crippen LogP) is 3.80. The Kier molecular flexibility index (Phi) is 7.16. The maximum absolute atomic E-state index is 12.6. The fourth-order valence-corrected chi connectivity index (χ4v) is 3.55. The lowest BCUT2D eigenvalue weighted by Crippen LogP contribution is -2.24. The van der Waals surface area contributed by atoms with E-state index in [9.17, 15) is 14.7 Å². The third kappa shape index (κ3) is 5.58. The van der Waals surface area contributed by atoms with Crippen LogP contribution in [-0.4, -0.2) is 44.2 Å². The highest BCUT2D eigenvalue weighted by Gasteiger charge is 2.29. The summed E-state index contributed by atoms with van der Waals surface area (Å²) in [5.41, 5.74) is 2.28. The van der Waals surface area contributed by atoms with E-state index in [1.54, 1.807) is 6.08 Å². The molecule has 1 aromatic heterocycles. The zero-order valence-corrected chi connectivity index (χ0v) is 18.7. The van der Waals surface area contributed by atoms with Crippen molar-refractivity contribution in [3.8, 4) is 11.5 Å². The Morgan fingerprint density at radius 3 is 2.76 bits per heavy atom. The van der Waals surface area contributed by atoms with Gasteiger partial charge in [0.15, 0.2) is 23.4 Å². The van der Waals surface area contributed by atoms with Gasteiger partial charge in [0.1, 0.15) is 6.61 Å². The number of aryl methyl sites for hydroxylation is 1. The summed E-state index contributed by atoms with van der Waals surface area (Å²) in [5, 5.41) is 25.6. The standard InChI is InChI=1S/C24H25N5O5/c1-2-3-4-5-15-6-8-16(9-7-15)10-11-21(30)25-18-12-17(24(31)32)13-19-22(18)34-20(14-33-19)23-26-28-29-27-23/h6-13,20H,2-5,14H2,1H3,(H,25,30)(H,31,32)(H,26,27,28,29). The van der Waals surface area contributed by atoms with Gasteiger partial charge in [0.25, 0.3) is 0 Å². The third-order valence-electron chi connectivity index (χ3n) is 5.35. The second-order valence-corrected chi connectivity index (χ2v) is 7.88. The van der Waals surface area contributed by atoms with Crippen molar-refractivity contribution in [2.45, 2.75) is 38.7 Å². The number of carbonyl (C=O) groups excluding carboxylic acids is 1. The molecule has 1 aliphatic rings. The van der Waals surface area contributed by atoms with Crippen LogP contribution < -0.4 is 14.8 Å². The highest BCUT2D eigenvalue weighted by molar-refractivity contribution is 6.04. The summed E-state index contributed by atoms with van der Waals surface area (Å²) in [6.07, 6.45) is 7.03. The number of carboxylic acid groups (broad SMARTS) is 1. The smallest absolute Gasteiger partial charge is 0.335 e. The Labute approximate surface area is 196 Å². The van der Waals surface area contributed by atoms with Gasteiger partial charge in [0.05, 0.1) is 11.3 Å². The van der Waals surface area contributed by atoms with Crippen molar-refractivity contribution in [3.63, 3.8) is 0 Å². The van der Waals surface area contributed by atoms with Crippen LogP contribution in [0.25, 0.3) is 6.08 Å². The average molecular weight is 463 g/mol. The number of aromatic nitrogens is 4. The van der Waals surface area contributed by atoms with Crippen LogP contribution in [0.1, 0.15) is 59.6 Å². The molecular formula is C24H25N5O5. The number of benzene rings is 2. The minimum absolute atomic E-state index is 0.0416. The Balaban J connectivity index is 1.48. The summed E-state index contributed by atoms with van der Waals surface area (Å²) >= 11 is 0. The molecule has 0 spiro atoms. The number of anilines is 1. The van der Waals surface area contributed by atoms with Crippen LogP contribution in [0.5, 0.6) is 11.5 Å². The summed E-state index contributed by atoms with van der Waals surface area (Å²) in [4.78, 5) is 24.2. The van der Waals surface area contributed by atoms with Crippen LogP contribution in [0.3, 0.4) is 0 Å². The van der Waals surface area contributed by atoms with Gasteiger partial charge < -0.3 is 19.9 Å². The number of amides is 1. The van der Waals surface area contributed by atoms with Crippen molar-refractivity contribution >= 4 is 23.6 Å². The van der Waals surface area contributed by atoms with E-state index in [1.165, 1.54) is 36.6 Å². The number of aromatic amines is 1. The van der Waals surface area contributed by atoms with Crippen LogP contribution in [0.4, 0.5) is 5.69 Å². The lowest BCUT2D eigenvalue weighted by Gasteiger charge is -2.27. The van der Waals surface area contributed by atoms with Crippen LogP contribution in [0, 0.1) is 0 Å². The summed E-state index contributed by atoms with van der Waals surface area (Å²) in [7, 11) is 0. The van der Waals surface area contributed by atoms with E-state index >= 15 is 0 Å². The van der Waals surface area contributed by atoms with E-state index in [2.05, 4.69) is 45.0 Å². The Bertz CT molecular complexity index is 1180. The van der Waals surface area contributed by atoms with Gasteiger partial charge in [-0.05, 0) is 52.6 Å². The number of carboxylic acids is 1. The number of H-pyrrole nitrogens is 1. The van der Waals surface area contributed by atoms with Crippen LogP contribution in [0.2, 0.25) is 0 Å². The molecule has 1 atom stereocenters. The molecule has 0 bridgehead atoms. The average Bonchev–Trinajstić information content (AvgIpc) is 3.38. The lowest BCUT2D eigenvalue weighted by molar-refractivity contribution is -0.111. The second kappa shape index (κ2) is 10.6. The quantitative estimate of drug-likeness (QED) is 0.322. The van der Waals surface area contributed by atoms with Gasteiger partial charge in [-0.15, -0.1) is 5.10 Å². The number of hydrogen-bond acceptors (Lipinski definition) is 7. The first-order chi connectivity index (χ1) is 16.5. The molecule has 2 heterocycles. The zero-order chi connectivity index (χ0) is 23.9. The minimum atomic E-state index is -1.15. The molecule has 0 aliphatic carbocycles. The zero-order valence-electron chi connectivity index (χ0n) is 18.7. The Hall–Kier alpha value is -4.21. The molecular weight excluding hydrogens is 438 g/mol. The number of tetrazole rings is 1. The number of nitrogens with zero attached hydrogens (tertiary/aromatic N) is 3. The molecule has 3 N–H and O–H groups in total. The first-order valence-electron chi connectivity index (χ1n) is 11.1. The summed E-state index contributed by atoms with van der Waals surface area (Å²) in [6, 6.07) is 10.7. The normalized spacial score (nSPS) is 14.8. The van der Waals surface area contributed by atoms with E-state index in [0.717, 1.165) is 18.4 Å². The summed E-state index contributed by atoms with van der Waals surface area (Å²) < 4.78 is 11.6. The first kappa shape index (κ1) is 23.0. The summed E-state index contributed by atoms with van der Waals surface area (Å²) in [6.45, 7) is 2.26. The largest absolute Gasteiger partial charge is 0.485 e. The van der Waals surface area contributed by atoms with Crippen LogP contribution >= 0.6 is 0 Å². The molecule has 0 saturated heterocycles. The van der Waals surface area contributed by atoms with E-state index < -0.39 is 18.0 Å². The van der Waals surface area contributed by atoms with Gasteiger partial charge in [-0.3, -0.25) is 4.79 Å². The second-order valence-electron chi connectivity index (χ2n) is 7.88. The van der Waals surface area contributed by atoms with Crippen molar-refractivity contribution in [1.82, 2.24) is 20.6 Å². The van der Waals surface area contributed by atoms with Gasteiger partial charge in [0, 0.05) is 6.08 Å². The van der Waals surface area contributed by atoms with Crippen molar-refractivity contribution < 1.29 is 24.2 Å². The Morgan fingerprint density at radius 2 is 2.06 bits per heavy atom. The summed E-state index contributed by atoms with van der Waals surface area (Å²) in [5.74, 6) is -0.831. The highest BCUT2D eigenvalue weighted by atomic mass is 16.6. The number of unbranched alkanes of at least 4 members (excludes halogenated alkanes) is 2. The maximum Gasteiger partial charge on any atom is 0.335 e. The molecule has 2 aromatic carbocycles. The van der Waals surface area contributed by atoms with E-state index in [-0.39, 0.29) is 29.4 Å². The SMILES string of the molecule is CCCCCc1ccc(C=CC(=O)Nc2cc(C(=O)O)cc3c2OC(c2nnn[nH]2)CO3)cc1. The van der Waals surface area contributed by atoms with Crippen molar-refractivity contribution in [2.24, 2.45) is 0 Å². The number of carbonyl (C=O) groups is 2. The number of ether oxygens (including phenoxy) is 2. The topological polar surface area (TPSA) is 139 Å². The van der Waals surface area contributed by atoms with Gasteiger partial charge in [-0.2, -0.15) is 0 Å². The van der Waals surface area contributed by atoms with Crippen molar-refractivity contribution in [3.05, 3.63) is 65.0 Å². The molecule has 3 aromatic rings. The number of rotatable bonds is 9. The molecule has 0 radical (unpaired) electrons. The molecule has 10 heteroatoms. The van der Waals surface area contributed by atoms with Gasteiger partial charge in [-0.25, -0.2) is 9.89 Å². The lowest BCUT2D eigenvalue weighted by atomic mass is 10.1. The molecule has 10 nitrogen and oxygen atoms in total. The molecule has 1 amide bonds. The fourth-order valence-electron chi connectivity index (χ4n) is 3.55. The third-order valence-corrected chi connectivity index (χ3v) is 5.35. The number of nitrogens with one attached hydrogen (secondary N) is 2. The van der Waals surface area contributed by atoms with Crippen LogP contribution in [-0.2, 0) is 11.2 Å². The van der Waals surface area contributed by atoms with Crippen LogP contribution in [0.15, 0.2) is 42.5 Å². The van der Waals surface area contributed by atoms with Gasteiger partial charge in [0.2, 0.25) is 5.91 Å². The Morgan fingerprint density at radius 1 is 1.24 bits per heavy atom. The minimum Gasteiger partial charge on any atom is -0.485 e. The van der Waals surface area contributed by atoms with E-state index in [0.29, 0.717) is 5.82 Å². The molecule has 34 heavy (non-hydrogen) atoms. The molecule has 0 fully saturated rings. The van der Waals surface area contributed by atoms with Gasteiger partial charge in [-0.1, -0.05) is 44.0 Å². The fraction of sp³-hybridized carbons (Fsp3) is 0.292. The number of hydrogen-bond donors (Lipinski definition) is 3. The monoisotopic (exact) mass is 463 g/mol.